The van der Waals surface area contributed by atoms with Crippen molar-refractivity contribution in [2.75, 3.05) is 13.1 Å². The predicted octanol–water partition coefficient (Wildman–Crippen LogP) is 2.09. The number of nitrogens with one attached hydrogen (secondary N) is 1. The topological polar surface area (TPSA) is 32.3 Å². The lowest BCUT2D eigenvalue weighted by Crippen LogP contribution is -2.56. The van der Waals surface area contributed by atoms with Crippen LogP contribution in [-0.4, -0.2) is 36.0 Å². The third kappa shape index (κ3) is 3.47. The van der Waals surface area contributed by atoms with Crippen molar-refractivity contribution in [3.63, 3.8) is 0 Å². The third-order valence-corrected chi connectivity index (χ3v) is 3.39. The maximum atomic E-state index is 12.2. The summed E-state index contributed by atoms with van der Waals surface area (Å²) in [5, 5.41) is 4.10. The quantitative estimate of drug-likeness (QED) is 0.889. The van der Waals surface area contributed by atoms with Crippen molar-refractivity contribution in [1.82, 2.24) is 10.2 Å². The molecule has 18 heavy (non-hydrogen) atoms. The Morgan fingerprint density at radius 3 is 2.67 bits per heavy atom. The van der Waals surface area contributed by atoms with Gasteiger partial charge in [0.2, 0.25) is 5.91 Å². The molecular weight excluding hydrogens is 248 g/mol. The number of carbonyl (C=O) groups is 1. The van der Waals surface area contributed by atoms with Crippen LogP contribution < -0.4 is 5.32 Å². The van der Waals surface area contributed by atoms with Crippen molar-refractivity contribution in [2.24, 2.45) is 0 Å². The maximum Gasteiger partial charge on any atom is 0.227 e. The molecule has 1 aromatic carbocycles. The monoisotopic (exact) mass is 266 g/mol. The van der Waals surface area contributed by atoms with Crippen LogP contribution in [0.3, 0.4) is 0 Å². The average Bonchev–Trinajstić information content (AvgIpc) is 2.27. The lowest BCUT2D eigenvalue weighted by Gasteiger charge is -2.36. The van der Waals surface area contributed by atoms with E-state index in [2.05, 4.69) is 19.2 Å². The maximum absolute atomic E-state index is 12.2. The Morgan fingerprint density at radius 2 is 2.06 bits per heavy atom. The fourth-order valence-electron chi connectivity index (χ4n) is 2.46. The van der Waals surface area contributed by atoms with Gasteiger partial charge in [0, 0.05) is 30.2 Å². The highest BCUT2D eigenvalue weighted by molar-refractivity contribution is 6.30. The summed E-state index contributed by atoms with van der Waals surface area (Å²) in [6.45, 7) is 5.78. The van der Waals surface area contributed by atoms with Gasteiger partial charge in [0.25, 0.3) is 0 Å². The first kappa shape index (κ1) is 13.4. The molecule has 1 fully saturated rings. The molecule has 2 unspecified atom stereocenters. The van der Waals surface area contributed by atoms with E-state index in [4.69, 9.17) is 11.6 Å². The first-order valence-electron chi connectivity index (χ1n) is 6.33. The van der Waals surface area contributed by atoms with Gasteiger partial charge < -0.3 is 10.2 Å². The van der Waals surface area contributed by atoms with E-state index < -0.39 is 0 Å². The summed E-state index contributed by atoms with van der Waals surface area (Å²) in [6, 6.07) is 8.22. The van der Waals surface area contributed by atoms with Crippen molar-refractivity contribution < 1.29 is 4.79 Å². The second kappa shape index (κ2) is 5.72. The fourth-order valence-corrected chi connectivity index (χ4v) is 2.68. The molecule has 1 saturated heterocycles. The van der Waals surface area contributed by atoms with E-state index in [1.54, 1.807) is 0 Å². The van der Waals surface area contributed by atoms with Gasteiger partial charge in [-0.3, -0.25) is 4.79 Å². The molecular formula is C14H19ClN2O. The van der Waals surface area contributed by atoms with Crippen molar-refractivity contribution in [2.45, 2.75) is 32.4 Å². The van der Waals surface area contributed by atoms with Crippen LogP contribution in [0.25, 0.3) is 0 Å². The van der Waals surface area contributed by atoms with Gasteiger partial charge in [0.05, 0.1) is 6.42 Å². The summed E-state index contributed by atoms with van der Waals surface area (Å²) in [5.41, 5.74) is 0.978. The molecule has 3 nitrogen and oxygen atoms in total. The number of nitrogens with zero attached hydrogens (tertiary/aromatic N) is 1. The molecule has 0 saturated carbocycles. The normalized spacial score (nSPS) is 24.1. The number of piperazine rings is 1. The molecule has 1 N–H and O–H groups in total. The molecule has 1 aliphatic rings. The largest absolute Gasteiger partial charge is 0.339 e. The van der Waals surface area contributed by atoms with Crippen LogP contribution in [0.5, 0.6) is 0 Å². The molecule has 1 aliphatic heterocycles. The van der Waals surface area contributed by atoms with E-state index in [0.29, 0.717) is 23.5 Å². The molecule has 0 radical (unpaired) electrons. The Morgan fingerprint density at radius 1 is 1.39 bits per heavy atom. The Labute approximate surface area is 113 Å². The zero-order valence-corrected chi connectivity index (χ0v) is 11.6. The number of hydrogen-bond donors (Lipinski definition) is 1. The molecule has 1 amide bonds. The highest BCUT2D eigenvalue weighted by Crippen LogP contribution is 2.13. The Hall–Kier alpha value is -1.06. The van der Waals surface area contributed by atoms with E-state index in [0.717, 1.165) is 18.7 Å². The van der Waals surface area contributed by atoms with Crippen LogP contribution in [0.4, 0.5) is 0 Å². The second-order valence-electron chi connectivity index (χ2n) is 5.07. The SMILES string of the molecule is CC1CN(C(=O)Cc2cccc(Cl)c2)CC(C)N1. The van der Waals surface area contributed by atoms with Crippen molar-refractivity contribution in [1.29, 1.82) is 0 Å². The minimum atomic E-state index is 0.178. The van der Waals surface area contributed by atoms with Crippen LogP contribution in [0, 0.1) is 0 Å². The van der Waals surface area contributed by atoms with E-state index in [1.807, 2.05) is 29.2 Å². The molecule has 0 bridgehead atoms. The van der Waals surface area contributed by atoms with Gasteiger partial charge >= 0.3 is 0 Å². The smallest absolute Gasteiger partial charge is 0.227 e. The van der Waals surface area contributed by atoms with E-state index in [1.165, 1.54) is 0 Å². The number of benzene rings is 1. The van der Waals surface area contributed by atoms with E-state index in [9.17, 15) is 4.79 Å². The van der Waals surface area contributed by atoms with Crippen molar-refractivity contribution in [3.05, 3.63) is 34.9 Å². The molecule has 0 aliphatic carbocycles. The van der Waals surface area contributed by atoms with Gasteiger partial charge in [-0.2, -0.15) is 0 Å². The molecule has 1 heterocycles. The first-order chi connectivity index (χ1) is 8.54. The minimum Gasteiger partial charge on any atom is -0.339 e. The molecule has 0 spiro atoms. The number of hydrogen-bond acceptors (Lipinski definition) is 2. The highest BCUT2D eigenvalue weighted by Gasteiger charge is 2.24. The minimum absolute atomic E-state index is 0.178. The first-order valence-corrected chi connectivity index (χ1v) is 6.70. The van der Waals surface area contributed by atoms with Crippen LogP contribution in [0.15, 0.2) is 24.3 Å². The van der Waals surface area contributed by atoms with Crippen molar-refractivity contribution >= 4 is 17.5 Å². The lowest BCUT2D eigenvalue weighted by atomic mass is 10.1. The zero-order chi connectivity index (χ0) is 13.1. The summed E-state index contributed by atoms with van der Waals surface area (Å²) < 4.78 is 0. The molecule has 1 aromatic rings. The van der Waals surface area contributed by atoms with Crippen LogP contribution in [-0.2, 0) is 11.2 Å². The number of amides is 1. The fraction of sp³-hybridized carbons (Fsp3) is 0.500. The number of carbonyl (C=O) groups excluding carboxylic acids is 1. The second-order valence-corrected chi connectivity index (χ2v) is 5.51. The molecule has 98 valence electrons. The van der Waals surface area contributed by atoms with Gasteiger partial charge in [-0.05, 0) is 31.5 Å². The summed E-state index contributed by atoms with van der Waals surface area (Å²) in [4.78, 5) is 14.2. The molecule has 4 heteroatoms. The van der Waals surface area contributed by atoms with Gasteiger partial charge in [-0.15, -0.1) is 0 Å². The predicted molar refractivity (Wildman–Crippen MR) is 73.8 cm³/mol. The summed E-state index contributed by atoms with van der Waals surface area (Å²) in [7, 11) is 0. The van der Waals surface area contributed by atoms with E-state index >= 15 is 0 Å². The zero-order valence-electron chi connectivity index (χ0n) is 10.8. The van der Waals surface area contributed by atoms with Gasteiger partial charge in [0.15, 0.2) is 0 Å². The Kier molecular flexibility index (Phi) is 4.25. The lowest BCUT2D eigenvalue weighted by molar-refractivity contribution is -0.132. The number of rotatable bonds is 2. The Balaban J connectivity index is 1.99. The summed E-state index contributed by atoms with van der Waals surface area (Å²) in [5.74, 6) is 0.178. The third-order valence-electron chi connectivity index (χ3n) is 3.15. The summed E-state index contributed by atoms with van der Waals surface area (Å²) in [6.07, 6.45) is 0.431. The molecule has 0 aromatic heterocycles. The van der Waals surface area contributed by atoms with Crippen LogP contribution >= 0.6 is 11.6 Å². The molecule has 2 atom stereocenters. The van der Waals surface area contributed by atoms with Gasteiger partial charge in [0.1, 0.15) is 0 Å². The van der Waals surface area contributed by atoms with Crippen LogP contribution in [0.1, 0.15) is 19.4 Å². The Bertz CT molecular complexity index is 426. The van der Waals surface area contributed by atoms with E-state index in [-0.39, 0.29) is 5.91 Å². The highest BCUT2D eigenvalue weighted by atomic mass is 35.5. The number of halogens is 1. The van der Waals surface area contributed by atoms with Crippen LogP contribution in [0.2, 0.25) is 5.02 Å². The average molecular weight is 267 g/mol. The van der Waals surface area contributed by atoms with Crippen molar-refractivity contribution in [3.8, 4) is 0 Å². The molecule has 2 rings (SSSR count). The standard InChI is InChI=1S/C14H19ClN2O/c1-10-8-17(9-11(2)16-10)14(18)7-12-4-3-5-13(15)6-12/h3-6,10-11,16H,7-9H2,1-2H3. The van der Waals surface area contributed by atoms with Gasteiger partial charge in [-0.25, -0.2) is 0 Å². The summed E-state index contributed by atoms with van der Waals surface area (Å²) >= 11 is 5.93. The van der Waals surface area contributed by atoms with Gasteiger partial charge in [-0.1, -0.05) is 23.7 Å².